The monoisotopic (exact) mass is 675 g/mol. The number of carbonyl (C=O) groups is 2. The van der Waals surface area contributed by atoms with Crippen molar-refractivity contribution in [1.29, 1.82) is 0 Å². The van der Waals surface area contributed by atoms with E-state index < -0.39 is 58.2 Å². The molecule has 10 nitrogen and oxygen atoms in total. The van der Waals surface area contributed by atoms with Gasteiger partial charge in [0.1, 0.15) is 17.3 Å². The number of aliphatic hydroxyl groups excluding tert-OH is 2. The molecule has 0 aliphatic rings. The number of rotatable bonds is 12. The zero-order valence-corrected chi connectivity index (χ0v) is 28.7. The molecule has 4 rings (SSSR count). The summed E-state index contributed by atoms with van der Waals surface area (Å²) in [6.45, 7) is 3.61. The van der Waals surface area contributed by atoms with Crippen LogP contribution in [0.5, 0.6) is 0 Å². The molecule has 1 amide bonds. The first-order valence-electron chi connectivity index (χ1n) is 14.1. The number of halogens is 2. The summed E-state index contributed by atoms with van der Waals surface area (Å²) in [4.78, 5) is 24.9. The van der Waals surface area contributed by atoms with Crippen molar-refractivity contribution in [3.63, 3.8) is 0 Å². The molecule has 1 heterocycles. The van der Waals surface area contributed by atoms with E-state index in [1.54, 1.807) is 18.4 Å². The maximum atomic E-state index is 14.1. The van der Waals surface area contributed by atoms with Gasteiger partial charge in [0.2, 0.25) is 10.0 Å². The molecule has 0 radical (unpaired) electrons. The topological polar surface area (TPSA) is 175 Å². The van der Waals surface area contributed by atoms with Gasteiger partial charge in [-0.25, -0.2) is 22.3 Å². The Hall–Kier alpha value is -3.69. The molecule has 0 aliphatic heterocycles. The number of aliphatic hydroxyl groups is 2. The van der Waals surface area contributed by atoms with Crippen LogP contribution in [-0.4, -0.2) is 47.3 Å². The predicted octanol–water partition coefficient (Wildman–Crippen LogP) is 0.850. The first kappa shape index (κ1) is 37.8. The minimum absolute atomic E-state index is 0. The Morgan fingerprint density at radius 1 is 0.915 bits per heavy atom. The van der Waals surface area contributed by atoms with E-state index in [9.17, 15) is 42.1 Å². The van der Waals surface area contributed by atoms with Crippen LogP contribution in [0.3, 0.4) is 0 Å². The molecule has 0 fully saturated rings. The molecule has 4 aromatic rings. The molecule has 0 saturated carbocycles. The molecule has 0 unspecified atom stereocenters. The van der Waals surface area contributed by atoms with Crippen LogP contribution in [0.4, 0.5) is 14.5 Å². The van der Waals surface area contributed by atoms with Crippen LogP contribution in [0.15, 0.2) is 83.8 Å². The normalized spacial score (nSPS) is 12.9. The minimum Gasteiger partial charge on any atom is -0.550 e. The van der Waals surface area contributed by atoms with Crippen molar-refractivity contribution in [3.8, 4) is 22.3 Å². The number of benzene rings is 3. The number of aromatic nitrogens is 1. The Kier molecular flexibility index (Phi) is 12.8. The van der Waals surface area contributed by atoms with Crippen LogP contribution in [0, 0.1) is 11.6 Å². The van der Waals surface area contributed by atoms with E-state index in [4.69, 9.17) is 5.14 Å². The minimum atomic E-state index is -3.98. The van der Waals surface area contributed by atoms with Gasteiger partial charge < -0.3 is 30.0 Å². The number of aliphatic carboxylic acids is 1. The van der Waals surface area contributed by atoms with Gasteiger partial charge in [-0.3, -0.25) is 4.79 Å². The van der Waals surface area contributed by atoms with Gasteiger partial charge in [-0.1, -0.05) is 30.3 Å². The average Bonchev–Trinajstić information content (AvgIpc) is 3.32. The largest absolute Gasteiger partial charge is 1.00 e. The van der Waals surface area contributed by atoms with Crippen molar-refractivity contribution in [2.45, 2.75) is 49.8 Å². The molecular formula is C33H32F2N3NaO7S. The second-order valence-electron chi connectivity index (χ2n) is 10.9. The van der Waals surface area contributed by atoms with Crippen LogP contribution in [0.1, 0.15) is 48.9 Å². The summed E-state index contributed by atoms with van der Waals surface area (Å²) in [5, 5.41) is 39.5. The van der Waals surface area contributed by atoms with Gasteiger partial charge in [-0.15, -0.1) is 0 Å². The Morgan fingerprint density at radius 3 is 1.89 bits per heavy atom. The van der Waals surface area contributed by atoms with Gasteiger partial charge in [0.15, 0.2) is 0 Å². The quantitative estimate of drug-likeness (QED) is 0.161. The zero-order valence-electron chi connectivity index (χ0n) is 25.9. The average molecular weight is 676 g/mol. The van der Waals surface area contributed by atoms with Crippen molar-refractivity contribution in [2.24, 2.45) is 5.14 Å². The summed E-state index contributed by atoms with van der Waals surface area (Å²) >= 11 is 0. The molecule has 0 bridgehead atoms. The van der Waals surface area contributed by atoms with E-state index in [0.717, 1.165) is 0 Å². The Balaban J connectivity index is 0.00000600. The molecular weight excluding hydrogens is 643 g/mol. The van der Waals surface area contributed by atoms with E-state index in [0.29, 0.717) is 27.9 Å². The van der Waals surface area contributed by atoms with Crippen LogP contribution in [0.2, 0.25) is 0 Å². The summed E-state index contributed by atoms with van der Waals surface area (Å²) in [7, 11) is -3.98. The third-order valence-corrected chi connectivity index (χ3v) is 8.00. The number of hydrogen-bond acceptors (Lipinski definition) is 7. The number of nitrogens with zero attached hydrogens (tertiary/aromatic N) is 1. The molecule has 0 aliphatic carbocycles. The van der Waals surface area contributed by atoms with E-state index in [-0.39, 0.29) is 52.3 Å². The predicted molar refractivity (Wildman–Crippen MR) is 167 cm³/mol. The number of sulfonamides is 1. The zero-order chi connectivity index (χ0) is 33.8. The van der Waals surface area contributed by atoms with Crippen LogP contribution < -0.4 is 45.1 Å². The molecule has 242 valence electrons. The molecule has 5 N–H and O–H groups in total. The van der Waals surface area contributed by atoms with Crippen LogP contribution in [0.25, 0.3) is 28.3 Å². The number of carboxylic acids is 1. The van der Waals surface area contributed by atoms with Gasteiger partial charge in [-0.05, 0) is 79.6 Å². The van der Waals surface area contributed by atoms with E-state index in [2.05, 4.69) is 5.32 Å². The maximum Gasteiger partial charge on any atom is 1.00 e. The van der Waals surface area contributed by atoms with Crippen molar-refractivity contribution < 1.29 is 71.7 Å². The molecule has 14 heteroatoms. The SMILES string of the molecule is CC(C)n1c(/C=C/[C@@H](O)C[C@@H](O)CC(=O)[O-])c(-c2ccc(F)cc2)c(-c2ccc(F)cc2)c1C(=O)Nc1ccc(S(N)(=O)=O)cc1.[Na+]. The van der Waals surface area contributed by atoms with E-state index in [1.165, 1.54) is 84.9 Å². The molecule has 1 aromatic heterocycles. The maximum absolute atomic E-state index is 14.1. The molecule has 0 spiro atoms. The van der Waals surface area contributed by atoms with Gasteiger partial charge in [-0.2, -0.15) is 0 Å². The molecule has 47 heavy (non-hydrogen) atoms. The third-order valence-electron chi connectivity index (χ3n) is 7.07. The fourth-order valence-electron chi connectivity index (χ4n) is 5.09. The Morgan fingerprint density at radius 2 is 1.43 bits per heavy atom. The van der Waals surface area contributed by atoms with Crippen molar-refractivity contribution in [2.75, 3.05) is 5.32 Å². The van der Waals surface area contributed by atoms with Gasteiger partial charge in [0.25, 0.3) is 5.91 Å². The fraction of sp³-hybridized carbons (Fsp3) is 0.212. The summed E-state index contributed by atoms with van der Waals surface area (Å²) in [6.07, 6.45) is -0.817. The van der Waals surface area contributed by atoms with E-state index >= 15 is 0 Å². The number of primary sulfonamides is 1. The first-order chi connectivity index (χ1) is 21.6. The number of nitrogens with one attached hydrogen (secondary N) is 1. The second kappa shape index (κ2) is 15.9. The number of nitrogens with two attached hydrogens (primary N) is 1. The van der Waals surface area contributed by atoms with Crippen LogP contribution in [-0.2, 0) is 14.8 Å². The standard InChI is InChI=1S/C33H33F2N3O7S.Na/c1-19(2)38-28(16-13-25(39)17-26(40)18-29(41)42)30(20-3-7-22(34)8-4-20)31(21-5-9-23(35)10-6-21)32(38)33(43)37-24-11-14-27(15-12-24)46(36,44)45;/h3-16,19,25-26,39-40H,17-18H2,1-2H3,(H,37,43)(H,41,42)(H2,36,44,45);/q;+1/p-1/b16-13+;/t25-,26-;/m1./s1. The number of hydrogen-bond donors (Lipinski definition) is 4. The fourth-order valence-corrected chi connectivity index (χ4v) is 5.61. The smallest absolute Gasteiger partial charge is 0.550 e. The van der Waals surface area contributed by atoms with Crippen molar-refractivity contribution in [1.82, 2.24) is 4.57 Å². The van der Waals surface area contributed by atoms with Gasteiger partial charge >= 0.3 is 29.6 Å². The molecule has 2 atom stereocenters. The number of amides is 1. The Bertz CT molecular complexity index is 1860. The summed E-state index contributed by atoms with van der Waals surface area (Å²) < 4.78 is 53.2. The number of carbonyl (C=O) groups excluding carboxylic acids is 2. The summed E-state index contributed by atoms with van der Waals surface area (Å²) in [6, 6.07) is 15.7. The van der Waals surface area contributed by atoms with Crippen molar-refractivity contribution in [3.05, 3.63) is 102 Å². The molecule has 3 aromatic carbocycles. The second-order valence-corrected chi connectivity index (χ2v) is 12.4. The summed E-state index contributed by atoms with van der Waals surface area (Å²) in [5.74, 6) is -3.13. The van der Waals surface area contributed by atoms with Crippen LogP contribution >= 0.6 is 0 Å². The van der Waals surface area contributed by atoms with E-state index in [1.807, 2.05) is 0 Å². The first-order valence-corrected chi connectivity index (χ1v) is 15.7. The Labute approximate surface area is 292 Å². The number of anilines is 1. The third kappa shape index (κ3) is 9.45. The molecule has 0 saturated heterocycles. The number of carboxylic acid groups (broad SMARTS) is 1. The van der Waals surface area contributed by atoms with Crippen molar-refractivity contribution >= 4 is 33.7 Å². The van der Waals surface area contributed by atoms with Gasteiger partial charge in [0.05, 0.1) is 17.1 Å². The van der Waals surface area contributed by atoms with Gasteiger partial charge in [0, 0.05) is 47.4 Å². The summed E-state index contributed by atoms with van der Waals surface area (Å²) in [5.41, 5.74) is 2.47.